The standard InChI is InChI=1S/C13H22N2S/c1-10(2)14-6-8-15-7-4-13-12(11(15)3)5-9-16-13/h5,9-11,14H,4,6-8H2,1-3H3. The van der Waals surface area contributed by atoms with Crippen molar-refractivity contribution in [1.82, 2.24) is 10.2 Å². The molecule has 1 aliphatic rings. The van der Waals surface area contributed by atoms with Gasteiger partial charge in [0, 0.05) is 36.6 Å². The Morgan fingerprint density at radius 1 is 1.56 bits per heavy atom. The lowest BCUT2D eigenvalue weighted by atomic mass is 10.0. The summed E-state index contributed by atoms with van der Waals surface area (Å²) >= 11 is 1.92. The van der Waals surface area contributed by atoms with E-state index in [9.17, 15) is 0 Å². The van der Waals surface area contributed by atoms with Gasteiger partial charge in [-0.15, -0.1) is 11.3 Å². The highest BCUT2D eigenvalue weighted by Crippen LogP contribution is 2.32. The summed E-state index contributed by atoms with van der Waals surface area (Å²) in [6, 6.07) is 3.49. The summed E-state index contributed by atoms with van der Waals surface area (Å²) < 4.78 is 0. The van der Waals surface area contributed by atoms with E-state index < -0.39 is 0 Å². The molecule has 0 aromatic carbocycles. The Morgan fingerprint density at radius 3 is 3.12 bits per heavy atom. The van der Waals surface area contributed by atoms with E-state index in [0.717, 1.165) is 13.1 Å². The van der Waals surface area contributed by atoms with Gasteiger partial charge >= 0.3 is 0 Å². The molecule has 16 heavy (non-hydrogen) atoms. The zero-order valence-electron chi connectivity index (χ0n) is 10.5. The van der Waals surface area contributed by atoms with Crippen molar-refractivity contribution in [2.75, 3.05) is 19.6 Å². The largest absolute Gasteiger partial charge is 0.313 e. The van der Waals surface area contributed by atoms with Gasteiger partial charge in [0.15, 0.2) is 0 Å². The highest BCUT2D eigenvalue weighted by molar-refractivity contribution is 7.10. The van der Waals surface area contributed by atoms with E-state index in [0.29, 0.717) is 12.1 Å². The summed E-state index contributed by atoms with van der Waals surface area (Å²) in [6.45, 7) is 10.2. The Morgan fingerprint density at radius 2 is 2.38 bits per heavy atom. The molecule has 3 heteroatoms. The molecule has 0 aliphatic carbocycles. The Kier molecular flexibility index (Phi) is 4.00. The van der Waals surface area contributed by atoms with Crippen LogP contribution in [0.5, 0.6) is 0 Å². The number of rotatable bonds is 4. The average molecular weight is 238 g/mol. The van der Waals surface area contributed by atoms with Crippen molar-refractivity contribution >= 4 is 11.3 Å². The molecule has 1 aromatic heterocycles. The molecule has 0 saturated carbocycles. The molecule has 0 amide bonds. The molecule has 1 N–H and O–H groups in total. The Hall–Kier alpha value is -0.380. The summed E-state index contributed by atoms with van der Waals surface area (Å²) in [4.78, 5) is 4.19. The fraction of sp³-hybridized carbons (Fsp3) is 0.692. The highest BCUT2D eigenvalue weighted by Gasteiger charge is 2.23. The molecule has 2 rings (SSSR count). The lowest BCUT2D eigenvalue weighted by molar-refractivity contribution is 0.199. The van der Waals surface area contributed by atoms with Crippen LogP contribution in [0.3, 0.4) is 0 Å². The molecule has 1 aliphatic heterocycles. The third kappa shape index (κ3) is 2.65. The first-order valence-electron chi connectivity index (χ1n) is 6.22. The number of hydrogen-bond donors (Lipinski definition) is 1. The van der Waals surface area contributed by atoms with Crippen molar-refractivity contribution < 1.29 is 0 Å². The van der Waals surface area contributed by atoms with Crippen LogP contribution >= 0.6 is 11.3 Å². The average Bonchev–Trinajstić information content (AvgIpc) is 2.69. The van der Waals surface area contributed by atoms with Gasteiger partial charge in [-0.25, -0.2) is 0 Å². The quantitative estimate of drug-likeness (QED) is 0.867. The highest BCUT2D eigenvalue weighted by atomic mass is 32.1. The van der Waals surface area contributed by atoms with Crippen molar-refractivity contribution in [2.45, 2.75) is 39.3 Å². The van der Waals surface area contributed by atoms with Gasteiger partial charge in [-0.2, -0.15) is 0 Å². The SMILES string of the molecule is CC(C)NCCN1CCc2sccc2C1C. The lowest BCUT2D eigenvalue weighted by Crippen LogP contribution is -2.39. The van der Waals surface area contributed by atoms with Crippen LogP contribution in [0.25, 0.3) is 0 Å². The van der Waals surface area contributed by atoms with Crippen LogP contribution in [0.1, 0.15) is 37.3 Å². The minimum atomic E-state index is 0.594. The molecular weight excluding hydrogens is 216 g/mol. The van der Waals surface area contributed by atoms with E-state index in [1.807, 2.05) is 11.3 Å². The van der Waals surface area contributed by atoms with E-state index in [1.165, 1.54) is 13.0 Å². The van der Waals surface area contributed by atoms with Crippen LogP contribution in [0.2, 0.25) is 0 Å². The maximum atomic E-state index is 3.49. The van der Waals surface area contributed by atoms with E-state index in [1.54, 1.807) is 10.4 Å². The van der Waals surface area contributed by atoms with Gasteiger partial charge in [-0.05, 0) is 30.4 Å². The number of thiophene rings is 1. The monoisotopic (exact) mass is 238 g/mol. The smallest absolute Gasteiger partial charge is 0.0331 e. The van der Waals surface area contributed by atoms with Gasteiger partial charge in [0.25, 0.3) is 0 Å². The van der Waals surface area contributed by atoms with Crippen LogP contribution < -0.4 is 5.32 Å². The molecule has 90 valence electrons. The molecule has 1 aromatic rings. The third-order valence-electron chi connectivity index (χ3n) is 3.36. The van der Waals surface area contributed by atoms with Crippen LogP contribution in [0.15, 0.2) is 11.4 Å². The van der Waals surface area contributed by atoms with E-state index in [4.69, 9.17) is 0 Å². The summed E-state index contributed by atoms with van der Waals surface area (Å²) in [5.74, 6) is 0. The molecule has 0 fully saturated rings. The molecule has 0 spiro atoms. The lowest BCUT2D eigenvalue weighted by Gasteiger charge is -2.33. The van der Waals surface area contributed by atoms with Gasteiger partial charge in [0.05, 0.1) is 0 Å². The normalized spacial score (nSPS) is 21.4. The second-order valence-electron chi connectivity index (χ2n) is 4.87. The van der Waals surface area contributed by atoms with Crippen molar-refractivity contribution in [3.05, 3.63) is 21.9 Å². The van der Waals surface area contributed by atoms with E-state index >= 15 is 0 Å². The summed E-state index contributed by atoms with van der Waals surface area (Å²) in [5, 5.41) is 5.73. The molecule has 1 unspecified atom stereocenters. The summed E-state index contributed by atoms with van der Waals surface area (Å²) in [5.41, 5.74) is 1.56. The van der Waals surface area contributed by atoms with Crippen molar-refractivity contribution in [3.63, 3.8) is 0 Å². The zero-order valence-corrected chi connectivity index (χ0v) is 11.3. The summed E-state index contributed by atoms with van der Waals surface area (Å²) in [7, 11) is 0. The molecule has 0 radical (unpaired) electrons. The second kappa shape index (κ2) is 5.30. The first kappa shape index (κ1) is 12.1. The number of nitrogens with zero attached hydrogens (tertiary/aromatic N) is 1. The minimum absolute atomic E-state index is 0.594. The van der Waals surface area contributed by atoms with Crippen LogP contribution in [0.4, 0.5) is 0 Å². The van der Waals surface area contributed by atoms with Crippen LogP contribution in [-0.4, -0.2) is 30.6 Å². The zero-order chi connectivity index (χ0) is 11.5. The Bertz CT molecular complexity index is 332. The Balaban J connectivity index is 1.89. The van der Waals surface area contributed by atoms with Crippen molar-refractivity contribution in [1.29, 1.82) is 0 Å². The topological polar surface area (TPSA) is 15.3 Å². The van der Waals surface area contributed by atoms with E-state index in [2.05, 4.69) is 42.4 Å². The van der Waals surface area contributed by atoms with Gasteiger partial charge in [0.2, 0.25) is 0 Å². The van der Waals surface area contributed by atoms with Gasteiger partial charge in [-0.3, -0.25) is 4.90 Å². The van der Waals surface area contributed by atoms with Crippen molar-refractivity contribution in [3.8, 4) is 0 Å². The number of fused-ring (bicyclic) bond motifs is 1. The van der Waals surface area contributed by atoms with Crippen molar-refractivity contribution in [2.24, 2.45) is 0 Å². The van der Waals surface area contributed by atoms with Crippen LogP contribution in [0, 0.1) is 0 Å². The first-order chi connectivity index (χ1) is 7.68. The molecule has 2 heterocycles. The molecule has 2 nitrogen and oxygen atoms in total. The maximum Gasteiger partial charge on any atom is 0.0331 e. The number of hydrogen-bond acceptors (Lipinski definition) is 3. The van der Waals surface area contributed by atoms with Crippen LogP contribution in [-0.2, 0) is 6.42 Å². The Labute approximate surface area is 103 Å². The predicted molar refractivity (Wildman–Crippen MR) is 71.1 cm³/mol. The van der Waals surface area contributed by atoms with Gasteiger partial charge in [0.1, 0.15) is 0 Å². The number of nitrogens with one attached hydrogen (secondary N) is 1. The van der Waals surface area contributed by atoms with E-state index in [-0.39, 0.29) is 0 Å². The fourth-order valence-corrected chi connectivity index (χ4v) is 3.33. The molecule has 1 atom stereocenters. The van der Waals surface area contributed by atoms with Gasteiger partial charge in [-0.1, -0.05) is 13.8 Å². The van der Waals surface area contributed by atoms with Gasteiger partial charge < -0.3 is 5.32 Å². The molecular formula is C13H22N2S. The second-order valence-corrected chi connectivity index (χ2v) is 5.87. The predicted octanol–water partition coefficient (Wildman–Crippen LogP) is 2.67. The minimum Gasteiger partial charge on any atom is -0.313 e. The maximum absolute atomic E-state index is 3.49. The molecule has 0 saturated heterocycles. The first-order valence-corrected chi connectivity index (χ1v) is 7.10. The summed E-state index contributed by atoms with van der Waals surface area (Å²) in [6.07, 6.45) is 1.24. The fourth-order valence-electron chi connectivity index (χ4n) is 2.36. The molecule has 0 bridgehead atoms. The third-order valence-corrected chi connectivity index (χ3v) is 4.35.